The monoisotopic (exact) mass is 343 g/mol. The van der Waals surface area contributed by atoms with Gasteiger partial charge in [0.15, 0.2) is 11.0 Å². The number of oxime groups is 1. The largest absolute Gasteiger partial charge is 0.409 e. The molecule has 0 saturated carbocycles. The summed E-state index contributed by atoms with van der Waals surface area (Å²) in [6, 6.07) is 5.23. The van der Waals surface area contributed by atoms with Gasteiger partial charge in [-0.1, -0.05) is 5.16 Å². The van der Waals surface area contributed by atoms with Crippen LogP contribution in [0.5, 0.6) is 0 Å². The number of amidine groups is 1. The van der Waals surface area contributed by atoms with Gasteiger partial charge >= 0.3 is 5.69 Å². The Kier molecular flexibility index (Phi) is 3.96. The van der Waals surface area contributed by atoms with Crippen LogP contribution >= 0.6 is 27.7 Å². The zero-order valence-electron chi connectivity index (χ0n) is 9.79. The highest BCUT2D eigenvalue weighted by Crippen LogP contribution is 2.32. The number of aromatic amines is 1. The van der Waals surface area contributed by atoms with Crippen molar-refractivity contribution in [3.8, 4) is 0 Å². The van der Waals surface area contributed by atoms with Crippen LogP contribution in [0.2, 0.25) is 0 Å². The second-order valence-electron chi connectivity index (χ2n) is 3.60. The van der Waals surface area contributed by atoms with Crippen molar-refractivity contribution in [2.75, 3.05) is 0 Å². The molecular weight excluding hydrogens is 334 g/mol. The van der Waals surface area contributed by atoms with E-state index in [1.54, 1.807) is 25.2 Å². The smallest absolute Gasteiger partial charge is 0.343 e. The Balaban J connectivity index is 2.32. The number of halogens is 1. The highest BCUT2D eigenvalue weighted by atomic mass is 79.9. The van der Waals surface area contributed by atoms with E-state index < -0.39 is 0 Å². The van der Waals surface area contributed by atoms with Gasteiger partial charge < -0.3 is 10.9 Å². The zero-order valence-corrected chi connectivity index (χ0v) is 12.2. The summed E-state index contributed by atoms with van der Waals surface area (Å²) >= 11 is 4.72. The molecule has 0 amide bonds. The van der Waals surface area contributed by atoms with Crippen LogP contribution in [-0.2, 0) is 7.05 Å². The minimum Gasteiger partial charge on any atom is -0.409 e. The molecule has 2 aromatic rings. The van der Waals surface area contributed by atoms with Crippen molar-refractivity contribution in [2.24, 2.45) is 17.9 Å². The maximum absolute atomic E-state index is 11.3. The molecule has 100 valence electrons. The number of benzene rings is 1. The van der Waals surface area contributed by atoms with Crippen LogP contribution in [0.15, 0.2) is 42.7 Å². The third-order valence-corrected chi connectivity index (χ3v) is 4.42. The predicted octanol–water partition coefficient (Wildman–Crippen LogP) is 1.12. The van der Waals surface area contributed by atoms with Crippen LogP contribution in [-0.4, -0.2) is 25.8 Å². The maximum Gasteiger partial charge on any atom is 0.343 e. The average molecular weight is 344 g/mol. The Morgan fingerprint density at radius 3 is 2.89 bits per heavy atom. The molecule has 1 aromatic carbocycles. The van der Waals surface area contributed by atoms with E-state index in [1.807, 2.05) is 0 Å². The summed E-state index contributed by atoms with van der Waals surface area (Å²) in [6.07, 6.45) is 0. The van der Waals surface area contributed by atoms with Crippen molar-refractivity contribution < 1.29 is 5.21 Å². The molecule has 7 nitrogen and oxygen atoms in total. The van der Waals surface area contributed by atoms with Gasteiger partial charge in [-0.25, -0.2) is 9.89 Å². The lowest BCUT2D eigenvalue weighted by molar-refractivity contribution is 0.318. The average Bonchev–Trinajstić information content (AvgIpc) is 2.72. The molecular formula is C10H10BrN5O2S. The van der Waals surface area contributed by atoms with E-state index in [0.29, 0.717) is 10.7 Å². The first-order valence-electron chi connectivity index (χ1n) is 5.09. The second-order valence-corrected chi connectivity index (χ2v) is 5.47. The van der Waals surface area contributed by atoms with Gasteiger partial charge in [-0.2, -0.15) is 0 Å². The Bertz CT molecular complexity index is 693. The van der Waals surface area contributed by atoms with E-state index in [1.165, 1.54) is 16.3 Å². The van der Waals surface area contributed by atoms with Crippen LogP contribution in [0.4, 0.5) is 0 Å². The summed E-state index contributed by atoms with van der Waals surface area (Å²) in [5, 5.41) is 18.4. The van der Waals surface area contributed by atoms with Crippen molar-refractivity contribution in [1.82, 2.24) is 14.8 Å². The first-order chi connectivity index (χ1) is 9.02. The number of nitrogens with zero attached hydrogens (tertiary/aromatic N) is 3. The molecule has 0 bridgehead atoms. The van der Waals surface area contributed by atoms with Gasteiger partial charge in [0, 0.05) is 22.0 Å². The van der Waals surface area contributed by atoms with Crippen molar-refractivity contribution in [3.63, 3.8) is 0 Å². The number of H-pyrrole nitrogens is 1. The van der Waals surface area contributed by atoms with Gasteiger partial charge in [0.2, 0.25) is 0 Å². The number of nitrogens with two attached hydrogens (primary N) is 1. The summed E-state index contributed by atoms with van der Waals surface area (Å²) in [5.74, 6) is 0.0319. The molecule has 0 spiro atoms. The molecule has 0 aliphatic carbocycles. The van der Waals surface area contributed by atoms with E-state index >= 15 is 0 Å². The van der Waals surface area contributed by atoms with Gasteiger partial charge in [-0.05, 0) is 45.9 Å². The molecule has 0 fully saturated rings. The Morgan fingerprint density at radius 2 is 2.37 bits per heavy atom. The van der Waals surface area contributed by atoms with E-state index in [2.05, 4.69) is 31.3 Å². The highest BCUT2D eigenvalue weighted by molar-refractivity contribution is 9.10. The predicted molar refractivity (Wildman–Crippen MR) is 74.6 cm³/mol. The van der Waals surface area contributed by atoms with Gasteiger partial charge in [0.1, 0.15) is 0 Å². The van der Waals surface area contributed by atoms with Crippen molar-refractivity contribution in [2.45, 2.75) is 10.1 Å². The van der Waals surface area contributed by atoms with Gasteiger partial charge in [-0.15, -0.1) is 5.10 Å². The Morgan fingerprint density at radius 1 is 1.63 bits per heavy atom. The lowest BCUT2D eigenvalue weighted by Crippen LogP contribution is -2.13. The SMILES string of the molecule is Cn1c(Sc2ccc(/C(N)=N/O)cc2Br)n[nH]c1=O. The van der Waals surface area contributed by atoms with Crippen LogP contribution < -0.4 is 11.4 Å². The molecule has 0 unspecified atom stereocenters. The molecule has 4 N–H and O–H groups in total. The fourth-order valence-corrected chi connectivity index (χ4v) is 2.74. The molecule has 19 heavy (non-hydrogen) atoms. The van der Waals surface area contributed by atoms with Gasteiger partial charge in [0.05, 0.1) is 0 Å². The second kappa shape index (κ2) is 5.49. The Labute approximate surface area is 120 Å². The lowest BCUT2D eigenvalue weighted by Gasteiger charge is -2.05. The van der Waals surface area contributed by atoms with Crippen molar-refractivity contribution in [3.05, 3.63) is 38.7 Å². The minimum absolute atomic E-state index is 0.0319. The van der Waals surface area contributed by atoms with E-state index in [-0.39, 0.29) is 11.5 Å². The molecule has 0 saturated heterocycles. The highest BCUT2D eigenvalue weighted by Gasteiger charge is 2.10. The summed E-state index contributed by atoms with van der Waals surface area (Å²) in [4.78, 5) is 12.1. The van der Waals surface area contributed by atoms with Crippen molar-refractivity contribution >= 4 is 33.5 Å². The fourth-order valence-electron chi connectivity index (χ4n) is 1.32. The molecule has 0 atom stereocenters. The summed E-state index contributed by atoms with van der Waals surface area (Å²) in [5.41, 5.74) is 5.82. The molecule has 1 aromatic heterocycles. The number of hydrogen-bond donors (Lipinski definition) is 3. The number of aromatic nitrogens is 3. The molecule has 9 heteroatoms. The van der Waals surface area contributed by atoms with Crippen LogP contribution in [0.3, 0.4) is 0 Å². The quantitative estimate of drug-likeness (QED) is 0.335. The Hall–Kier alpha value is -1.74. The third kappa shape index (κ3) is 2.82. The third-order valence-electron chi connectivity index (χ3n) is 2.38. The number of nitrogens with one attached hydrogen (secondary N) is 1. The van der Waals surface area contributed by atoms with E-state index in [4.69, 9.17) is 10.9 Å². The van der Waals surface area contributed by atoms with Gasteiger partial charge in [0.25, 0.3) is 0 Å². The fraction of sp³-hybridized carbons (Fsp3) is 0.100. The summed E-state index contributed by atoms with van der Waals surface area (Å²) in [7, 11) is 1.63. The van der Waals surface area contributed by atoms with Crippen LogP contribution in [0, 0.1) is 0 Å². The molecule has 0 aliphatic heterocycles. The molecule has 0 radical (unpaired) electrons. The maximum atomic E-state index is 11.3. The van der Waals surface area contributed by atoms with Crippen molar-refractivity contribution in [1.29, 1.82) is 0 Å². The normalized spacial score (nSPS) is 11.8. The first kappa shape index (κ1) is 13.7. The van der Waals surface area contributed by atoms with E-state index in [0.717, 1.165) is 9.37 Å². The van der Waals surface area contributed by atoms with Gasteiger partial charge in [-0.3, -0.25) is 4.57 Å². The first-order valence-corrected chi connectivity index (χ1v) is 6.70. The zero-order chi connectivity index (χ0) is 14.0. The summed E-state index contributed by atoms with van der Waals surface area (Å²) in [6.45, 7) is 0. The molecule has 0 aliphatic rings. The number of hydrogen-bond acceptors (Lipinski definition) is 5. The summed E-state index contributed by atoms with van der Waals surface area (Å²) < 4.78 is 2.17. The minimum atomic E-state index is -0.271. The number of rotatable bonds is 3. The molecule has 2 rings (SSSR count). The topological polar surface area (TPSA) is 109 Å². The van der Waals surface area contributed by atoms with E-state index in [9.17, 15) is 4.79 Å². The van der Waals surface area contributed by atoms with Crippen LogP contribution in [0.1, 0.15) is 5.56 Å². The van der Waals surface area contributed by atoms with Crippen LogP contribution in [0.25, 0.3) is 0 Å². The molecule has 1 heterocycles. The standard InChI is InChI=1S/C10H10BrN5O2S/c1-16-9(17)13-14-10(16)19-7-3-2-5(4-6(7)11)8(12)15-18/h2-4,18H,1H3,(H2,12,15)(H,13,17). The lowest BCUT2D eigenvalue weighted by atomic mass is 10.2.